The molecule has 1 aliphatic carbocycles. The first kappa shape index (κ1) is 15.5. The third-order valence-corrected chi connectivity index (χ3v) is 5.21. The zero-order valence-corrected chi connectivity index (χ0v) is 14.6. The molecule has 1 aliphatic rings. The second-order valence-electron chi connectivity index (χ2n) is 6.39. The third kappa shape index (κ3) is 3.11. The summed E-state index contributed by atoms with van der Waals surface area (Å²) in [6.45, 7) is 3.39. The first-order valence-corrected chi connectivity index (χ1v) is 9.05. The van der Waals surface area contributed by atoms with E-state index >= 15 is 0 Å². The van der Waals surface area contributed by atoms with Crippen LogP contribution in [0.15, 0.2) is 16.9 Å². The van der Waals surface area contributed by atoms with Crippen LogP contribution in [0.2, 0.25) is 0 Å². The number of nitrogens with one attached hydrogen (secondary N) is 1. The average molecular weight is 344 g/mol. The molecule has 0 saturated heterocycles. The van der Waals surface area contributed by atoms with Gasteiger partial charge in [-0.3, -0.25) is 14.8 Å². The molecular formula is C16H20N6OS. The van der Waals surface area contributed by atoms with E-state index in [0.717, 1.165) is 29.4 Å². The summed E-state index contributed by atoms with van der Waals surface area (Å²) in [5.74, 6) is 0.656. The Morgan fingerprint density at radius 1 is 1.38 bits per heavy atom. The van der Waals surface area contributed by atoms with Crippen LogP contribution in [0.1, 0.15) is 47.8 Å². The van der Waals surface area contributed by atoms with Gasteiger partial charge in [0.05, 0.1) is 11.4 Å². The van der Waals surface area contributed by atoms with Gasteiger partial charge in [0.1, 0.15) is 5.01 Å². The Bertz CT molecular complexity index is 922. The molecule has 126 valence electrons. The molecular weight excluding hydrogens is 324 g/mol. The molecule has 1 N–H and O–H groups in total. The van der Waals surface area contributed by atoms with Crippen molar-refractivity contribution in [3.05, 3.63) is 44.6 Å². The molecule has 0 aliphatic heterocycles. The Morgan fingerprint density at radius 2 is 2.21 bits per heavy atom. The van der Waals surface area contributed by atoms with Crippen LogP contribution in [0.3, 0.4) is 0 Å². The van der Waals surface area contributed by atoms with Crippen LogP contribution in [0.4, 0.5) is 0 Å². The van der Waals surface area contributed by atoms with E-state index in [2.05, 4.69) is 31.2 Å². The van der Waals surface area contributed by atoms with Gasteiger partial charge in [-0.05, 0) is 32.4 Å². The standard InChI is InChI=1S/C16H20N6OS/c1-3-14-20-22-15(23)7-11(17-16(22)24-14)8-21(2)9-12-6-13(19-18-12)10-4-5-10/h6-7,10H,3-5,8-9H2,1-2H3,(H,18,19). The molecule has 0 radical (unpaired) electrons. The van der Waals surface area contributed by atoms with Crippen LogP contribution in [0.5, 0.6) is 0 Å². The fraction of sp³-hybridized carbons (Fsp3) is 0.500. The van der Waals surface area contributed by atoms with Crippen LogP contribution in [0.25, 0.3) is 4.96 Å². The van der Waals surface area contributed by atoms with E-state index in [1.807, 2.05) is 14.0 Å². The lowest BCUT2D eigenvalue weighted by Crippen LogP contribution is -2.22. The minimum absolute atomic E-state index is 0.114. The molecule has 7 nitrogen and oxygen atoms in total. The molecule has 3 heterocycles. The van der Waals surface area contributed by atoms with Crippen molar-refractivity contribution in [2.75, 3.05) is 7.05 Å². The lowest BCUT2D eigenvalue weighted by atomic mass is 10.2. The van der Waals surface area contributed by atoms with E-state index in [0.29, 0.717) is 17.4 Å². The zero-order chi connectivity index (χ0) is 16.7. The summed E-state index contributed by atoms with van der Waals surface area (Å²) in [7, 11) is 2.02. The van der Waals surface area contributed by atoms with E-state index in [1.54, 1.807) is 6.07 Å². The Labute approximate surface area is 143 Å². The SMILES string of the molecule is CCc1nn2c(=O)cc(CN(C)Cc3cc(C4CC4)n[nH]3)nc2s1. The first-order valence-electron chi connectivity index (χ1n) is 8.23. The third-order valence-electron chi connectivity index (χ3n) is 4.16. The monoisotopic (exact) mass is 344 g/mol. The highest BCUT2D eigenvalue weighted by Gasteiger charge is 2.26. The van der Waals surface area contributed by atoms with Crippen LogP contribution >= 0.6 is 11.3 Å². The Balaban J connectivity index is 1.48. The molecule has 1 fully saturated rings. The number of hydrogen-bond donors (Lipinski definition) is 1. The van der Waals surface area contributed by atoms with Gasteiger partial charge in [-0.1, -0.05) is 18.3 Å². The van der Waals surface area contributed by atoms with Crippen molar-refractivity contribution in [1.29, 1.82) is 0 Å². The smallest absolute Gasteiger partial charge is 0.275 e. The van der Waals surface area contributed by atoms with Crippen molar-refractivity contribution >= 4 is 16.3 Å². The summed E-state index contributed by atoms with van der Waals surface area (Å²) in [5.41, 5.74) is 2.93. The number of aryl methyl sites for hydroxylation is 1. The minimum atomic E-state index is -0.114. The highest BCUT2D eigenvalue weighted by Crippen LogP contribution is 2.39. The van der Waals surface area contributed by atoms with Crippen molar-refractivity contribution in [2.24, 2.45) is 0 Å². The molecule has 8 heteroatoms. The largest absolute Gasteiger partial charge is 0.295 e. The summed E-state index contributed by atoms with van der Waals surface area (Å²) >= 11 is 1.48. The molecule has 24 heavy (non-hydrogen) atoms. The second-order valence-corrected chi connectivity index (χ2v) is 7.43. The van der Waals surface area contributed by atoms with Gasteiger partial charge in [-0.15, -0.1) is 0 Å². The van der Waals surface area contributed by atoms with Gasteiger partial charge in [-0.25, -0.2) is 4.98 Å². The van der Waals surface area contributed by atoms with Crippen molar-refractivity contribution in [3.8, 4) is 0 Å². The molecule has 0 aromatic carbocycles. The predicted octanol–water partition coefficient (Wildman–Crippen LogP) is 1.95. The minimum Gasteiger partial charge on any atom is -0.295 e. The normalized spacial score (nSPS) is 14.8. The number of fused-ring (bicyclic) bond motifs is 1. The van der Waals surface area contributed by atoms with E-state index in [1.165, 1.54) is 34.4 Å². The first-order chi connectivity index (χ1) is 11.6. The lowest BCUT2D eigenvalue weighted by Gasteiger charge is -2.14. The molecule has 1 saturated carbocycles. The van der Waals surface area contributed by atoms with Crippen LogP contribution in [-0.4, -0.2) is 36.7 Å². The Kier molecular flexibility index (Phi) is 3.93. The van der Waals surface area contributed by atoms with E-state index in [-0.39, 0.29) is 5.56 Å². The number of aromatic nitrogens is 5. The van der Waals surface area contributed by atoms with Crippen LogP contribution < -0.4 is 5.56 Å². The molecule has 0 unspecified atom stereocenters. The number of nitrogens with zero attached hydrogens (tertiary/aromatic N) is 5. The van der Waals surface area contributed by atoms with Crippen LogP contribution in [-0.2, 0) is 19.5 Å². The highest BCUT2D eigenvalue weighted by molar-refractivity contribution is 7.16. The van der Waals surface area contributed by atoms with Crippen molar-refractivity contribution in [3.63, 3.8) is 0 Å². The summed E-state index contributed by atoms with van der Waals surface area (Å²) in [5, 5.41) is 12.7. The molecule has 0 spiro atoms. The predicted molar refractivity (Wildman–Crippen MR) is 92.2 cm³/mol. The number of rotatable bonds is 6. The maximum absolute atomic E-state index is 12.2. The Morgan fingerprint density at radius 3 is 2.96 bits per heavy atom. The van der Waals surface area contributed by atoms with Crippen molar-refractivity contribution < 1.29 is 0 Å². The second kappa shape index (κ2) is 6.10. The quantitative estimate of drug-likeness (QED) is 0.739. The molecule has 0 amide bonds. The fourth-order valence-corrected chi connectivity index (χ4v) is 3.65. The fourth-order valence-electron chi connectivity index (χ4n) is 2.79. The Hall–Kier alpha value is -2.06. The van der Waals surface area contributed by atoms with Gasteiger partial charge in [0.15, 0.2) is 0 Å². The maximum Gasteiger partial charge on any atom is 0.275 e. The lowest BCUT2D eigenvalue weighted by molar-refractivity contribution is 0.311. The molecule has 3 aromatic rings. The highest BCUT2D eigenvalue weighted by atomic mass is 32.1. The summed E-state index contributed by atoms with van der Waals surface area (Å²) in [4.78, 5) is 19.6. The van der Waals surface area contributed by atoms with Crippen molar-refractivity contribution in [2.45, 2.75) is 45.2 Å². The van der Waals surface area contributed by atoms with E-state index in [9.17, 15) is 4.79 Å². The summed E-state index contributed by atoms with van der Waals surface area (Å²) in [6.07, 6.45) is 3.32. The molecule has 0 atom stereocenters. The van der Waals surface area contributed by atoms with Crippen LogP contribution in [0, 0.1) is 0 Å². The van der Waals surface area contributed by atoms with Gasteiger partial charge >= 0.3 is 0 Å². The van der Waals surface area contributed by atoms with E-state index in [4.69, 9.17) is 0 Å². The topological polar surface area (TPSA) is 79.2 Å². The van der Waals surface area contributed by atoms with Gasteiger partial charge in [0.25, 0.3) is 5.56 Å². The van der Waals surface area contributed by atoms with E-state index < -0.39 is 0 Å². The van der Waals surface area contributed by atoms with Gasteiger partial charge in [0, 0.05) is 30.8 Å². The molecule has 3 aromatic heterocycles. The molecule has 4 rings (SSSR count). The molecule has 0 bridgehead atoms. The number of aromatic amines is 1. The summed E-state index contributed by atoms with van der Waals surface area (Å²) < 4.78 is 1.39. The zero-order valence-electron chi connectivity index (χ0n) is 13.8. The van der Waals surface area contributed by atoms with Gasteiger partial charge in [0.2, 0.25) is 4.96 Å². The van der Waals surface area contributed by atoms with Gasteiger partial charge < -0.3 is 0 Å². The average Bonchev–Trinajstić information content (AvgIpc) is 3.14. The number of H-pyrrole nitrogens is 1. The summed E-state index contributed by atoms with van der Waals surface area (Å²) in [6, 6.07) is 3.72. The van der Waals surface area contributed by atoms with Gasteiger partial charge in [-0.2, -0.15) is 14.7 Å². The van der Waals surface area contributed by atoms with Crippen molar-refractivity contribution in [1.82, 2.24) is 29.7 Å². The number of hydrogen-bond acceptors (Lipinski definition) is 6. The maximum atomic E-state index is 12.2.